The number of hydrogen-bond donors (Lipinski definition) is 3. The van der Waals surface area contributed by atoms with Crippen LogP contribution in [0.25, 0.3) is 0 Å². The van der Waals surface area contributed by atoms with Crippen molar-refractivity contribution in [2.45, 2.75) is 321 Å². The highest BCUT2D eigenvalue weighted by Gasteiger charge is 2.20. The Labute approximate surface area is 377 Å². The first kappa shape index (κ1) is 58.9. The van der Waals surface area contributed by atoms with Gasteiger partial charge in [-0.05, 0) is 44.9 Å². The molecule has 1 amide bonds. The highest BCUT2D eigenvalue weighted by molar-refractivity contribution is 5.76. The third-order valence-electron chi connectivity index (χ3n) is 13.0. The first-order chi connectivity index (χ1) is 29.7. The van der Waals surface area contributed by atoms with Gasteiger partial charge in [0.1, 0.15) is 0 Å². The van der Waals surface area contributed by atoms with Crippen LogP contribution in [0, 0.1) is 0 Å². The Kier molecular flexibility index (Phi) is 51.2. The maximum absolute atomic E-state index is 12.5. The van der Waals surface area contributed by atoms with Gasteiger partial charge in [-0.3, -0.25) is 4.79 Å². The average molecular weight is 844 g/mol. The van der Waals surface area contributed by atoms with E-state index in [2.05, 4.69) is 43.5 Å². The minimum absolute atomic E-state index is 0.0313. The van der Waals surface area contributed by atoms with E-state index in [0.717, 1.165) is 32.1 Å². The first-order valence-electron chi connectivity index (χ1n) is 27.5. The Morgan fingerprint density at radius 2 is 0.683 bits per heavy atom. The number of unbranched alkanes of at least 4 members (excludes halogenated alkanes) is 40. The number of nitrogens with one attached hydrogen (secondary N) is 1. The fourth-order valence-corrected chi connectivity index (χ4v) is 8.75. The summed E-state index contributed by atoms with van der Waals surface area (Å²) in [6.07, 6.45) is 68.7. The summed E-state index contributed by atoms with van der Waals surface area (Å²) in [4.78, 5) is 12.5. The fourth-order valence-electron chi connectivity index (χ4n) is 8.75. The zero-order chi connectivity index (χ0) is 43.5. The molecule has 2 atom stereocenters. The van der Waals surface area contributed by atoms with Gasteiger partial charge in [-0.1, -0.05) is 282 Å². The van der Waals surface area contributed by atoms with Crippen molar-refractivity contribution in [2.24, 2.45) is 0 Å². The first-order valence-corrected chi connectivity index (χ1v) is 27.5. The molecule has 0 aliphatic carbocycles. The van der Waals surface area contributed by atoms with Gasteiger partial charge >= 0.3 is 0 Å². The lowest BCUT2D eigenvalue weighted by Crippen LogP contribution is -2.45. The maximum atomic E-state index is 12.5. The molecular formula is C56H109NO3. The zero-order valence-electron chi connectivity index (χ0n) is 41.0. The van der Waals surface area contributed by atoms with Gasteiger partial charge in [-0.15, -0.1) is 0 Å². The molecule has 4 heteroatoms. The van der Waals surface area contributed by atoms with E-state index in [9.17, 15) is 15.0 Å². The molecule has 2 unspecified atom stereocenters. The molecule has 0 aromatic rings. The van der Waals surface area contributed by atoms with Gasteiger partial charge in [0.15, 0.2) is 0 Å². The van der Waals surface area contributed by atoms with E-state index in [1.807, 2.05) is 0 Å². The highest BCUT2D eigenvalue weighted by atomic mass is 16.3. The summed E-state index contributed by atoms with van der Waals surface area (Å²) in [7, 11) is 0. The van der Waals surface area contributed by atoms with E-state index < -0.39 is 12.1 Å². The van der Waals surface area contributed by atoms with Crippen molar-refractivity contribution in [1.29, 1.82) is 0 Å². The van der Waals surface area contributed by atoms with Crippen LogP contribution < -0.4 is 5.32 Å². The van der Waals surface area contributed by atoms with Crippen LogP contribution in [0.1, 0.15) is 309 Å². The largest absolute Gasteiger partial charge is 0.394 e. The van der Waals surface area contributed by atoms with Crippen LogP contribution in [0.15, 0.2) is 24.3 Å². The van der Waals surface area contributed by atoms with Gasteiger partial charge in [-0.25, -0.2) is 0 Å². The molecule has 0 radical (unpaired) electrons. The lowest BCUT2D eigenvalue weighted by Gasteiger charge is -2.22. The molecule has 0 aromatic heterocycles. The summed E-state index contributed by atoms with van der Waals surface area (Å²) in [5, 5.41) is 23.3. The molecule has 0 spiro atoms. The van der Waals surface area contributed by atoms with Crippen LogP contribution in [-0.2, 0) is 4.79 Å². The second-order valence-electron chi connectivity index (χ2n) is 19.0. The van der Waals surface area contributed by atoms with E-state index in [1.165, 1.54) is 250 Å². The molecule has 0 heterocycles. The van der Waals surface area contributed by atoms with Crippen molar-refractivity contribution in [3.63, 3.8) is 0 Å². The topological polar surface area (TPSA) is 69.6 Å². The van der Waals surface area contributed by atoms with E-state index in [-0.39, 0.29) is 12.5 Å². The summed E-state index contributed by atoms with van der Waals surface area (Å²) in [5.74, 6) is -0.0313. The number of aliphatic hydroxyl groups is 2. The number of rotatable bonds is 51. The van der Waals surface area contributed by atoms with E-state index in [0.29, 0.717) is 12.8 Å². The number of allylic oxidation sites excluding steroid dienone is 4. The SMILES string of the molecule is CCCCCCC/C=C\C/C=C\CCCCCCCCCCCC(=O)NC(CO)C(O)CCCCCCCCCCCCCCCCCCCCCCCCCCCCC. The smallest absolute Gasteiger partial charge is 0.220 e. The van der Waals surface area contributed by atoms with Crippen LogP contribution in [0.4, 0.5) is 0 Å². The molecule has 0 rings (SSSR count). The molecule has 0 aliphatic heterocycles. The molecule has 0 saturated carbocycles. The quantitative estimate of drug-likeness (QED) is 0.0422. The Bertz CT molecular complexity index is 871. The standard InChI is InChI=1S/C56H109NO3/c1-3-5-7-9-11-13-15-17-19-21-23-25-26-27-28-29-30-32-33-35-37-39-41-43-45-47-49-51-55(59)54(53-58)57-56(60)52-50-48-46-44-42-40-38-36-34-31-24-22-20-18-16-14-12-10-8-6-4-2/h16,18,22,24,54-55,58-59H,3-15,17,19-21,23,25-53H2,1-2H3,(H,57,60)/b18-16-,24-22-. The average Bonchev–Trinajstić information content (AvgIpc) is 3.25. The van der Waals surface area contributed by atoms with E-state index >= 15 is 0 Å². The normalized spacial score (nSPS) is 12.9. The Hall–Kier alpha value is -1.13. The van der Waals surface area contributed by atoms with Crippen molar-refractivity contribution >= 4 is 5.91 Å². The minimum atomic E-state index is -0.661. The molecular weight excluding hydrogens is 735 g/mol. The van der Waals surface area contributed by atoms with Crippen molar-refractivity contribution in [1.82, 2.24) is 5.32 Å². The molecule has 0 bridgehead atoms. The second-order valence-corrected chi connectivity index (χ2v) is 19.0. The van der Waals surface area contributed by atoms with Crippen LogP contribution in [-0.4, -0.2) is 34.9 Å². The summed E-state index contributed by atoms with van der Waals surface area (Å²) in [6, 6.07) is -0.538. The number of carbonyl (C=O) groups is 1. The molecule has 0 saturated heterocycles. The molecule has 60 heavy (non-hydrogen) atoms. The van der Waals surface area contributed by atoms with Gasteiger partial charge < -0.3 is 15.5 Å². The predicted octanol–water partition coefficient (Wildman–Crippen LogP) is 17.9. The molecule has 3 N–H and O–H groups in total. The van der Waals surface area contributed by atoms with Crippen molar-refractivity contribution in [3.05, 3.63) is 24.3 Å². The summed E-state index contributed by atoms with van der Waals surface area (Å²) in [6.45, 7) is 4.38. The molecule has 0 aliphatic rings. The Morgan fingerprint density at radius 3 is 1.00 bits per heavy atom. The van der Waals surface area contributed by atoms with Gasteiger partial charge in [-0.2, -0.15) is 0 Å². The van der Waals surface area contributed by atoms with Gasteiger partial charge in [0.2, 0.25) is 5.91 Å². The monoisotopic (exact) mass is 844 g/mol. The molecule has 0 aromatic carbocycles. The summed E-state index contributed by atoms with van der Waals surface area (Å²) in [5.41, 5.74) is 0. The molecule has 356 valence electrons. The lowest BCUT2D eigenvalue weighted by atomic mass is 10.0. The number of carbonyl (C=O) groups excluding carboxylic acids is 1. The Balaban J connectivity index is 3.44. The van der Waals surface area contributed by atoms with Crippen molar-refractivity contribution in [3.8, 4) is 0 Å². The van der Waals surface area contributed by atoms with Gasteiger partial charge in [0, 0.05) is 6.42 Å². The number of hydrogen-bond acceptors (Lipinski definition) is 3. The summed E-state index contributed by atoms with van der Waals surface area (Å²) < 4.78 is 0. The zero-order valence-corrected chi connectivity index (χ0v) is 41.0. The predicted molar refractivity (Wildman–Crippen MR) is 267 cm³/mol. The van der Waals surface area contributed by atoms with Gasteiger partial charge in [0.25, 0.3) is 0 Å². The third kappa shape index (κ3) is 47.9. The minimum Gasteiger partial charge on any atom is -0.394 e. The lowest BCUT2D eigenvalue weighted by molar-refractivity contribution is -0.123. The van der Waals surface area contributed by atoms with Crippen LogP contribution in [0.2, 0.25) is 0 Å². The molecule has 0 fully saturated rings. The summed E-state index contributed by atoms with van der Waals surface area (Å²) >= 11 is 0. The van der Waals surface area contributed by atoms with Crippen molar-refractivity contribution in [2.75, 3.05) is 6.61 Å². The van der Waals surface area contributed by atoms with E-state index in [1.54, 1.807) is 0 Å². The number of aliphatic hydroxyl groups excluding tert-OH is 2. The number of amides is 1. The third-order valence-corrected chi connectivity index (χ3v) is 13.0. The maximum Gasteiger partial charge on any atom is 0.220 e. The van der Waals surface area contributed by atoms with Crippen LogP contribution in [0.5, 0.6) is 0 Å². The van der Waals surface area contributed by atoms with Crippen LogP contribution in [0.3, 0.4) is 0 Å². The molecule has 4 nitrogen and oxygen atoms in total. The highest BCUT2D eigenvalue weighted by Crippen LogP contribution is 2.18. The Morgan fingerprint density at radius 1 is 0.400 bits per heavy atom. The fraction of sp³-hybridized carbons (Fsp3) is 0.911. The second kappa shape index (κ2) is 52.2. The van der Waals surface area contributed by atoms with Crippen LogP contribution >= 0.6 is 0 Å². The van der Waals surface area contributed by atoms with E-state index in [4.69, 9.17) is 0 Å². The van der Waals surface area contributed by atoms with Gasteiger partial charge in [0.05, 0.1) is 18.8 Å². The van der Waals surface area contributed by atoms with Crippen molar-refractivity contribution < 1.29 is 15.0 Å².